The fourth-order valence-corrected chi connectivity index (χ4v) is 3.78. The Kier molecular flexibility index (Phi) is 7.79. The highest BCUT2D eigenvalue weighted by Crippen LogP contribution is 2.32. The van der Waals surface area contributed by atoms with Gasteiger partial charge in [0.05, 0.1) is 13.2 Å². The monoisotopic (exact) mass is 463 g/mol. The van der Waals surface area contributed by atoms with Crippen LogP contribution in [-0.4, -0.2) is 17.3 Å². The third kappa shape index (κ3) is 6.45. The molecular weight excluding hydrogens is 438 g/mol. The van der Waals surface area contributed by atoms with Gasteiger partial charge in [0.15, 0.2) is 5.76 Å². The van der Waals surface area contributed by atoms with E-state index in [1.807, 2.05) is 84.9 Å². The summed E-state index contributed by atoms with van der Waals surface area (Å²) >= 11 is 6.05. The number of carbonyl (C=O) groups excluding carboxylic acids is 1. The molecule has 4 rings (SSSR count). The van der Waals surface area contributed by atoms with Crippen LogP contribution in [0.15, 0.2) is 90.7 Å². The summed E-state index contributed by atoms with van der Waals surface area (Å²) in [5.41, 5.74) is 3.85. The highest BCUT2D eigenvalue weighted by atomic mass is 35.5. The lowest BCUT2D eigenvalue weighted by Gasteiger charge is -2.29. The van der Waals surface area contributed by atoms with Crippen molar-refractivity contribution in [3.63, 3.8) is 0 Å². The Morgan fingerprint density at radius 2 is 1.67 bits per heavy atom. The van der Waals surface area contributed by atoms with Crippen LogP contribution in [-0.2, 0) is 34.0 Å². The van der Waals surface area contributed by atoms with Gasteiger partial charge in [-0.3, -0.25) is 4.79 Å². The first-order valence-corrected chi connectivity index (χ1v) is 11.2. The second kappa shape index (κ2) is 11.1. The molecule has 1 aliphatic heterocycles. The molecule has 1 heterocycles. The molecule has 33 heavy (non-hydrogen) atoms. The average molecular weight is 464 g/mol. The van der Waals surface area contributed by atoms with Gasteiger partial charge in [-0.25, -0.2) is 0 Å². The van der Waals surface area contributed by atoms with Gasteiger partial charge in [-0.2, -0.15) is 0 Å². The van der Waals surface area contributed by atoms with Crippen molar-refractivity contribution in [3.05, 3.63) is 118 Å². The molecule has 170 valence electrons. The van der Waals surface area contributed by atoms with E-state index in [0.717, 1.165) is 22.3 Å². The molecular formula is C27H26ClNO4. The number of allylic oxidation sites excluding steroid dienone is 1. The van der Waals surface area contributed by atoms with E-state index in [2.05, 4.69) is 5.32 Å². The smallest absolute Gasteiger partial charge is 0.286 e. The van der Waals surface area contributed by atoms with Crippen molar-refractivity contribution in [1.29, 1.82) is 0 Å². The number of rotatable bonds is 8. The first-order chi connectivity index (χ1) is 16.1. The Hall–Kier alpha value is -3.12. The van der Waals surface area contributed by atoms with Gasteiger partial charge in [-0.15, -0.1) is 0 Å². The summed E-state index contributed by atoms with van der Waals surface area (Å²) in [4.78, 5) is 12.9. The predicted molar refractivity (Wildman–Crippen MR) is 127 cm³/mol. The molecule has 0 spiro atoms. The number of nitrogens with one attached hydrogen (secondary N) is 1. The Morgan fingerprint density at radius 3 is 2.36 bits per heavy atom. The SMILES string of the molecule is O=C(NCc1ccccc1)C1=C[C@@H](c2ccc(Cl)cc2)C[C@@H](OCc2ccc(CO)cc2)O1. The molecule has 1 amide bonds. The molecule has 2 N–H and O–H groups in total. The normalized spacial score (nSPS) is 17.7. The van der Waals surface area contributed by atoms with E-state index in [1.165, 1.54) is 0 Å². The number of amides is 1. The van der Waals surface area contributed by atoms with E-state index in [0.29, 0.717) is 24.6 Å². The van der Waals surface area contributed by atoms with E-state index in [4.69, 9.17) is 21.1 Å². The molecule has 0 fully saturated rings. The van der Waals surface area contributed by atoms with E-state index in [9.17, 15) is 9.90 Å². The van der Waals surface area contributed by atoms with Crippen molar-refractivity contribution in [2.75, 3.05) is 0 Å². The molecule has 5 nitrogen and oxygen atoms in total. The van der Waals surface area contributed by atoms with Crippen LogP contribution < -0.4 is 5.32 Å². The second-order valence-electron chi connectivity index (χ2n) is 7.93. The average Bonchev–Trinajstić information content (AvgIpc) is 2.87. The molecule has 0 saturated carbocycles. The van der Waals surface area contributed by atoms with Crippen molar-refractivity contribution in [2.24, 2.45) is 0 Å². The van der Waals surface area contributed by atoms with E-state index < -0.39 is 6.29 Å². The number of aliphatic hydroxyl groups excluding tert-OH is 1. The van der Waals surface area contributed by atoms with Crippen LogP contribution in [0.25, 0.3) is 0 Å². The first kappa shape index (κ1) is 23.1. The van der Waals surface area contributed by atoms with Crippen LogP contribution in [0, 0.1) is 0 Å². The maximum atomic E-state index is 12.9. The van der Waals surface area contributed by atoms with Gasteiger partial charge in [-0.1, -0.05) is 78.3 Å². The lowest BCUT2D eigenvalue weighted by molar-refractivity contribution is -0.150. The molecule has 0 aliphatic carbocycles. The van der Waals surface area contributed by atoms with Gasteiger partial charge in [0.2, 0.25) is 6.29 Å². The van der Waals surface area contributed by atoms with Gasteiger partial charge in [0.25, 0.3) is 5.91 Å². The van der Waals surface area contributed by atoms with E-state index in [-0.39, 0.29) is 24.2 Å². The van der Waals surface area contributed by atoms with Gasteiger partial charge in [-0.05, 0) is 40.5 Å². The van der Waals surface area contributed by atoms with Gasteiger partial charge in [0, 0.05) is 23.9 Å². The number of carbonyl (C=O) groups is 1. The highest BCUT2D eigenvalue weighted by molar-refractivity contribution is 6.30. The minimum absolute atomic E-state index is 0.00188. The third-order valence-electron chi connectivity index (χ3n) is 5.52. The molecule has 0 bridgehead atoms. The maximum Gasteiger partial charge on any atom is 0.286 e. The highest BCUT2D eigenvalue weighted by Gasteiger charge is 2.28. The van der Waals surface area contributed by atoms with Crippen molar-refractivity contribution in [3.8, 4) is 0 Å². The number of hydrogen-bond donors (Lipinski definition) is 2. The van der Waals surface area contributed by atoms with Crippen LogP contribution in [0.2, 0.25) is 5.02 Å². The Morgan fingerprint density at radius 1 is 0.970 bits per heavy atom. The quantitative estimate of drug-likeness (QED) is 0.489. The van der Waals surface area contributed by atoms with Crippen LogP contribution >= 0.6 is 11.6 Å². The summed E-state index contributed by atoms with van der Waals surface area (Å²) < 4.78 is 12.0. The minimum atomic E-state index is -0.578. The summed E-state index contributed by atoms with van der Waals surface area (Å²) in [5.74, 6) is -0.0774. The fraction of sp³-hybridized carbons (Fsp3) is 0.222. The van der Waals surface area contributed by atoms with E-state index in [1.54, 1.807) is 0 Å². The molecule has 0 saturated heterocycles. The maximum absolute atomic E-state index is 12.9. The molecule has 0 radical (unpaired) electrons. The van der Waals surface area contributed by atoms with Crippen LogP contribution in [0.3, 0.4) is 0 Å². The summed E-state index contributed by atoms with van der Waals surface area (Å²) in [6, 6.07) is 24.9. The zero-order valence-electron chi connectivity index (χ0n) is 18.1. The number of benzene rings is 3. The molecule has 2 atom stereocenters. The lowest BCUT2D eigenvalue weighted by Crippen LogP contribution is -2.32. The van der Waals surface area contributed by atoms with Crippen molar-refractivity contribution in [1.82, 2.24) is 5.32 Å². The van der Waals surface area contributed by atoms with Crippen LogP contribution in [0.1, 0.15) is 34.6 Å². The van der Waals surface area contributed by atoms with Crippen molar-refractivity contribution < 1.29 is 19.4 Å². The standard InChI is InChI=1S/C27H26ClNO4/c28-24-12-10-22(11-13-24)23-14-25(27(31)29-16-19-4-2-1-3-5-19)33-26(15-23)32-18-21-8-6-20(17-30)7-9-21/h1-14,23,26,30H,15-18H2,(H,29,31)/t23-,26+/m1/s1. The van der Waals surface area contributed by atoms with Crippen LogP contribution in [0.5, 0.6) is 0 Å². The molecule has 3 aromatic rings. The Balaban J connectivity index is 1.46. The molecule has 6 heteroatoms. The predicted octanol–water partition coefficient (Wildman–Crippen LogP) is 5.08. The third-order valence-corrected chi connectivity index (χ3v) is 5.77. The topological polar surface area (TPSA) is 67.8 Å². The first-order valence-electron chi connectivity index (χ1n) is 10.9. The lowest BCUT2D eigenvalue weighted by atomic mass is 9.93. The van der Waals surface area contributed by atoms with Crippen molar-refractivity contribution >= 4 is 17.5 Å². The minimum Gasteiger partial charge on any atom is -0.459 e. The van der Waals surface area contributed by atoms with Crippen LogP contribution in [0.4, 0.5) is 0 Å². The summed E-state index contributed by atoms with van der Waals surface area (Å²) in [6.07, 6.45) is 1.84. The van der Waals surface area contributed by atoms with Gasteiger partial charge < -0.3 is 19.9 Å². The zero-order chi connectivity index (χ0) is 23.0. The Bertz CT molecular complexity index is 1080. The molecule has 1 aliphatic rings. The summed E-state index contributed by atoms with van der Waals surface area (Å²) in [6.45, 7) is 0.749. The zero-order valence-corrected chi connectivity index (χ0v) is 18.9. The van der Waals surface area contributed by atoms with E-state index >= 15 is 0 Å². The Labute approximate surface area is 198 Å². The van der Waals surface area contributed by atoms with Gasteiger partial charge in [0.1, 0.15) is 0 Å². The number of ether oxygens (including phenoxy) is 2. The molecule has 3 aromatic carbocycles. The van der Waals surface area contributed by atoms with Gasteiger partial charge >= 0.3 is 0 Å². The number of halogens is 1. The molecule has 0 aromatic heterocycles. The fourth-order valence-electron chi connectivity index (χ4n) is 3.66. The molecule has 0 unspecified atom stereocenters. The van der Waals surface area contributed by atoms with Crippen molar-refractivity contribution in [2.45, 2.75) is 38.4 Å². The summed E-state index contributed by atoms with van der Waals surface area (Å²) in [5, 5.41) is 12.8. The largest absolute Gasteiger partial charge is 0.459 e. The number of hydrogen-bond acceptors (Lipinski definition) is 4. The summed E-state index contributed by atoms with van der Waals surface area (Å²) in [7, 11) is 0. The second-order valence-corrected chi connectivity index (χ2v) is 8.36. The number of aliphatic hydroxyl groups is 1.